The topological polar surface area (TPSA) is 50.2 Å². The maximum absolute atomic E-state index is 11.4. The van der Waals surface area contributed by atoms with Crippen LogP contribution in [0, 0.1) is 6.92 Å². The number of nitrogens with one attached hydrogen (secondary N) is 1. The van der Waals surface area contributed by atoms with Crippen molar-refractivity contribution in [1.29, 1.82) is 0 Å². The van der Waals surface area contributed by atoms with Gasteiger partial charge in [0.2, 0.25) is 0 Å². The van der Waals surface area contributed by atoms with Crippen LogP contribution in [0.4, 0.5) is 0 Å². The second kappa shape index (κ2) is 2.75. The van der Waals surface area contributed by atoms with Gasteiger partial charge in [-0.15, -0.1) is 0 Å². The lowest BCUT2D eigenvalue weighted by Gasteiger charge is -1.96. The van der Waals surface area contributed by atoms with Crippen LogP contribution in [-0.2, 0) is 0 Å². The molecule has 2 heterocycles. The zero-order valence-electron chi connectivity index (χ0n) is 6.64. The third kappa shape index (κ3) is 1.22. The summed E-state index contributed by atoms with van der Waals surface area (Å²) in [5.74, 6) is 0.492. The van der Waals surface area contributed by atoms with Gasteiger partial charge in [0.05, 0.1) is 5.02 Å². The molecule has 0 aromatic carbocycles. The van der Waals surface area contributed by atoms with Gasteiger partial charge >= 0.3 is 0 Å². The van der Waals surface area contributed by atoms with E-state index in [0.717, 1.165) is 0 Å². The first kappa shape index (κ1) is 8.59. The summed E-state index contributed by atoms with van der Waals surface area (Å²) in [5.41, 5.74) is -0.0123. The number of fused-ring (bicyclic) bond motifs is 1. The summed E-state index contributed by atoms with van der Waals surface area (Å²) in [6, 6.07) is 1.49. The summed E-state index contributed by atoms with van der Waals surface area (Å²) >= 11 is 11.6. The molecule has 68 valence electrons. The molecule has 0 aliphatic rings. The minimum atomic E-state index is -0.288. The van der Waals surface area contributed by atoms with Crippen LogP contribution in [0.2, 0.25) is 10.2 Å². The van der Waals surface area contributed by atoms with Crippen LogP contribution in [-0.4, -0.2) is 14.6 Å². The Morgan fingerprint density at radius 2 is 2.23 bits per heavy atom. The molecule has 1 N–H and O–H groups in total. The minimum Gasteiger partial charge on any atom is -0.307 e. The summed E-state index contributed by atoms with van der Waals surface area (Å²) in [6.45, 7) is 1.67. The van der Waals surface area contributed by atoms with E-state index < -0.39 is 0 Å². The van der Waals surface area contributed by atoms with Gasteiger partial charge in [-0.3, -0.25) is 4.79 Å². The highest BCUT2D eigenvalue weighted by atomic mass is 35.5. The van der Waals surface area contributed by atoms with Crippen LogP contribution in [0.15, 0.2) is 10.9 Å². The number of halogens is 2. The van der Waals surface area contributed by atoms with Gasteiger partial charge in [0.1, 0.15) is 11.0 Å². The fourth-order valence-corrected chi connectivity index (χ4v) is 1.70. The van der Waals surface area contributed by atoms with Gasteiger partial charge in [0, 0.05) is 0 Å². The summed E-state index contributed by atoms with van der Waals surface area (Å²) < 4.78 is 1.32. The zero-order valence-corrected chi connectivity index (χ0v) is 8.15. The normalized spacial score (nSPS) is 11.0. The average molecular weight is 218 g/mol. The Morgan fingerprint density at radius 1 is 1.54 bits per heavy atom. The second-order valence-corrected chi connectivity index (χ2v) is 3.41. The molecule has 0 amide bonds. The van der Waals surface area contributed by atoms with Gasteiger partial charge in [-0.2, -0.15) is 5.10 Å². The monoisotopic (exact) mass is 217 g/mol. The molecule has 2 aromatic rings. The second-order valence-electron chi connectivity index (χ2n) is 2.61. The Morgan fingerprint density at radius 3 is 2.92 bits per heavy atom. The molecule has 0 aliphatic heterocycles. The van der Waals surface area contributed by atoms with E-state index in [0.29, 0.717) is 16.0 Å². The molecular weight excluding hydrogens is 213 g/mol. The van der Waals surface area contributed by atoms with Crippen molar-refractivity contribution in [2.24, 2.45) is 0 Å². The van der Waals surface area contributed by atoms with E-state index in [-0.39, 0.29) is 11.1 Å². The first-order valence-electron chi connectivity index (χ1n) is 3.53. The fourth-order valence-electron chi connectivity index (χ4n) is 1.14. The Bertz CT molecular complexity index is 528. The molecule has 0 unspecified atom stereocenters. The number of hydrogen-bond donors (Lipinski definition) is 1. The zero-order chi connectivity index (χ0) is 9.59. The third-order valence-corrected chi connectivity index (χ3v) is 2.20. The number of aromatic amines is 1. The van der Waals surface area contributed by atoms with Crippen molar-refractivity contribution in [2.45, 2.75) is 6.92 Å². The van der Waals surface area contributed by atoms with Crippen LogP contribution in [0.5, 0.6) is 0 Å². The standard InChI is InChI=1S/C7H5Cl2N3O/c1-3-10-7(13)6-4(8)2-5(9)12(6)11-3/h2H,1H3,(H,10,11,13). The van der Waals surface area contributed by atoms with E-state index in [9.17, 15) is 4.79 Å². The van der Waals surface area contributed by atoms with Gasteiger partial charge in [-0.05, 0) is 13.0 Å². The molecule has 0 atom stereocenters. The first-order valence-corrected chi connectivity index (χ1v) is 4.29. The van der Waals surface area contributed by atoms with E-state index in [1.807, 2.05) is 0 Å². The molecule has 0 spiro atoms. The average Bonchev–Trinajstić information content (AvgIpc) is 2.27. The highest BCUT2D eigenvalue weighted by Gasteiger charge is 2.10. The summed E-state index contributed by atoms with van der Waals surface area (Å²) in [4.78, 5) is 13.9. The number of aromatic nitrogens is 3. The van der Waals surface area contributed by atoms with E-state index in [4.69, 9.17) is 23.2 Å². The van der Waals surface area contributed by atoms with E-state index in [2.05, 4.69) is 10.1 Å². The van der Waals surface area contributed by atoms with Crippen molar-refractivity contribution in [3.63, 3.8) is 0 Å². The number of H-pyrrole nitrogens is 1. The Balaban J connectivity index is 3.06. The highest BCUT2D eigenvalue weighted by molar-refractivity contribution is 6.37. The molecule has 0 saturated heterocycles. The predicted octanol–water partition coefficient (Wildman–Crippen LogP) is 1.64. The van der Waals surface area contributed by atoms with Gasteiger partial charge in [-0.1, -0.05) is 23.2 Å². The third-order valence-electron chi connectivity index (χ3n) is 1.65. The lowest BCUT2D eigenvalue weighted by Crippen LogP contribution is -2.13. The van der Waals surface area contributed by atoms with Crippen molar-refractivity contribution in [3.8, 4) is 0 Å². The summed E-state index contributed by atoms with van der Waals surface area (Å²) in [5, 5.41) is 4.63. The molecule has 6 heteroatoms. The molecule has 0 saturated carbocycles. The SMILES string of the molecule is Cc1nn2c(Cl)cc(Cl)c2c(=O)[nH]1. The summed E-state index contributed by atoms with van der Waals surface area (Å²) in [7, 11) is 0. The fraction of sp³-hybridized carbons (Fsp3) is 0.143. The molecule has 4 nitrogen and oxygen atoms in total. The maximum atomic E-state index is 11.4. The lowest BCUT2D eigenvalue weighted by atomic mass is 10.5. The number of hydrogen-bond acceptors (Lipinski definition) is 2. The number of rotatable bonds is 0. The van der Waals surface area contributed by atoms with Gasteiger partial charge in [0.15, 0.2) is 5.52 Å². The van der Waals surface area contributed by atoms with Gasteiger partial charge < -0.3 is 4.98 Å². The van der Waals surface area contributed by atoms with Crippen molar-refractivity contribution in [2.75, 3.05) is 0 Å². The maximum Gasteiger partial charge on any atom is 0.276 e. The van der Waals surface area contributed by atoms with E-state index in [1.165, 1.54) is 10.6 Å². The minimum absolute atomic E-state index is 0.275. The molecule has 0 bridgehead atoms. The van der Waals surface area contributed by atoms with Crippen LogP contribution in [0.25, 0.3) is 5.52 Å². The number of nitrogens with zero attached hydrogens (tertiary/aromatic N) is 2. The molecular formula is C7H5Cl2N3O. The quantitative estimate of drug-likeness (QED) is 0.730. The van der Waals surface area contributed by atoms with Gasteiger partial charge in [-0.25, -0.2) is 4.52 Å². The van der Waals surface area contributed by atoms with E-state index >= 15 is 0 Å². The number of aryl methyl sites for hydroxylation is 1. The molecule has 2 rings (SSSR count). The summed E-state index contributed by atoms with van der Waals surface area (Å²) in [6.07, 6.45) is 0. The first-order chi connectivity index (χ1) is 6.09. The van der Waals surface area contributed by atoms with Crippen molar-refractivity contribution >= 4 is 28.7 Å². The van der Waals surface area contributed by atoms with Crippen LogP contribution < -0.4 is 5.56 Å². The van der Waals surface area contributed by atoms with E-state index in [1.54, 1.807) is 6.92 Å². The molecule has 0 aliphatic carbocycles. The highest BCUT2D eigenvalue weighted by Crippen LogP contribution is 2.21. The largest absolute Gasteiger partial charge is 0.307 e. The molecule has 2 aromatic heterocycles. The predicted molar refractivity (Wildman–Crippen MR) is 50.6 cm³/mol. The lowest BCUT2D eigenvalue weighted by molar-refractivity contribution is 0.843. The van der Waals surface area contributed by atoms with Crippen molar-refractivity contribution in [3.05, 3.63) is 32.4 Å². The van der Waals surface area contributed by atoms with Gasteiger partial charge in [0.25, 0.3) is 5.56 Å². The van der Waals surface area contributed by atoms with Crippen molar-refractivity contribution < 1.29 is 0 Å². The molecule has 13 heavy (non-hydrogen) atoms. The van der Waals surface area contributed by atoms with Crippen LogP contribution >= 0.6 is 23.2 Å². The van der Waals surface area contributed by atoms with Crippen molar-refractivity contribution in [1.82, 2.24) is 14.6 Å². The molecule has 0 fully saturated rings. The van der Waals surface area contributed by atoms with Crippen LogP contribution in [0.3, 0.4) is 0 Å². The van der Waals surface area contributed by atoms with Crippen LogP contribution in [0.1, 0.15) is 5.82 Å². The Labute approximate surface area is 83.1 Å². The Kier molecular flexibility index (Phi) is 1.82. The Hall–Kier alpha value is -1.00. The molecule has 0 radical (unpaired) electrons. The smallest absolute Gasteiger partial charge is 0.276 e.